The van der Waals surface area contributed by atoms with Crippen LogP contribution in [0.25, 0.3) is 5.52 Å². The van der Waals surface area contributed by atoms with Crippen molar-refractivity contribution in [1.29, 1.82) is 0 Å². The summed E-state index contributed by atoms with van der Waals surface area (Å²) in [6, 6.07) is 0. The summed E-state index contributed by atoms with van der Waals surface area (Å²) in [5.41, 5.74) is 1.57. The molecule has 0 spiro atoms. The molecule has 0 aromatic carbocycles. The van der Waals surface area contributed by atoms with Gasteiger partial charge in [-0.1, -0.05) is 5.21 Å². The average Bonchev–Trinajstić information content (AvgIpc) is 2.94. The molecule has 0 bridgehead atoms. The maximum absolute atomic E-state index is 12.2. The molecule has 0 fully saturated rings. The predicted octanol–water partition coefficient (Wildman–Crippen LogP) is 0.0888. The highest BCUT2D eigenvalue weighted by Crippen LogP contribution is 2.13. The molecular weight excluding hydrogens is 220 g/mol. The Morgan fingerprint density at radius 2 is 2.18 bits per heavy atom. The molecule has 0 aliphatic carbocycles. The van der Waals surface area contributed by atoms with Gasteiger partial charge in [0.05, 0.1) is 29.7 Å². The van der Waals surface area contributed by atoms with Crippen molar-refractivity contribution >= 4 is 11.3 Å². The van der Waals surface area contributed by atoms with E-state index in [1.807, 2.05) is 0 Å². The average molecular weight is 228 g/mol. The lowest BCUT2D eigenvalue weighted by Gasteiger charge is -1.97. The highest BCUT2D eigenvalue weighted by atomic mass is 16.1. The monoisotopic (exact) mass is 228 g/mol. The number of aromatic nitrogens is 6. The predicted molar refractivity (Wildman–Crippen MR) is 57.4 cm³/mol. The molecule has 0 aliphatic rings. The molecule has 0 saturated heterocycles. The summed E-state index contributed by atoms with van der Waals surface area (Å²) in [5.74, 6) is -0.166. The maximum Gasteiger partial charge on any atom is 0.216 e. The summed E-state index contributed by atoms with van der Waals surface area (Å²) in [6.45, 7) is 0. The molecule has 0 saturated carbocycles. The molecular formula is C10H8N6O. The van der Waals surface area contributed by atoms with Gasteiger partial charge in [0.2, 0.25) is 5.78 Å². The first-order chi connectivity index (χ1) is 8.27. The summed E-state index contributed by atoms with van der Waals surface area (Å²) in [6.07, 6.45) is 7.85. The smallest absolute Gasteiger partial charge is 0.216 e. The number of fused-ring (bicyclic) bond motifs is 1. The third-order valence-electron chi connectivity index (χ3n) is 2.52. The Hall–Kier alpha value is -2.57. The molecule has 7 heteroatoms. The van der Waals surface area contributed by atoms with Crippen LogP contribution in [0.5, 0.6) is 0 Å². The molecule has 7 nitrogen and oxygen atoms in total. The van der Waals surface area contributed by atoms with Crippen LogP contribution >= 0.6 is 0 Å². The molecule has 3 aromatic rings. The van der Waals surface area contributed by atoms with Crippen LogP contribution in [0.15, 0.2) is 31.0 Å². The number of aryl methyl sites for hydroxylation is 1. The Morgan fingerprint density at radius 1 is 1.29 bits per heavy atom. The van der Waals surface area contributed by atoms with E-state index in [0.717, 1.165) is 0 Å². The summed E-state index contributed by atoms with van der Waals surface area (Å²) in [7, 11) is 1.67. The van der Waals surface area contributed by atoms with Gasteiger partial charge < -0.3 is 0 Å². The zero-order valence-electron chi connectivity index (χ0n) is 8.98. The molecule has 0 atom stereocenters. The van der Waals surface area contributed by atoms with Gasteiger partial charge in [-0.2, -0.15) is 5.10 Å². The van der Waals surface area contributed by atoms with Crippen molar-refractivity contribution in [1.82, 2.24) is 29.6 Å². The zero-order chi connectivity index (χ0) is 11.8. The molecule has 0 radical (unpaired) electrons. The number of nitrogens with zero attached hydrogens (tertiary/aromatic N) is 6. The normalized spacial score (nSPS) is 10.9. The standard InChI is InChI=1S/C10H8N6O/c1-15-9(6-12-14-15)10(17)7-4-13-16-3-2-11-5-8(7)16/h2-6H,1H3. The lowest BCUT2D eigenvalue weighted by molar-refractivity contribution is 0.103. The third kappa shape index (κ3) is 1.40. The van der Waals surface area contributed by atoms with Gasteiger partial charge in [0.15, 0.2) is 0 Å². The fourth-order valence-electron chi connectivity index (χ4n) is 1.64. The van der Waals surface area contributed by atoms with Crippen molar-refractivity contribution in [2.45, 2.75) is 0 Å². The van der Waals surface area contributed by atoms with Gasteiger partial charge >= 0.3 is 0 Å². The molecule has 3 heterocycles. The molecule has 0 amide bonds. The van der Waals surface area contributed by atoms with E-state index >= 15 is 0 Å². The van der Waals surface area contributed by atoms with Crippen LogP contribution in [0.1, 0.15) is 16.1 Å². The molecule has 0 N–H and O–H groups in total. The molecule has 17 heavy (non-hydrogen) atoms. The van der Waals surface area contributed by atoms with Crippen molar-refractivity contribution < 1.29 is 4.79 Å². The highest BCUT2D eigenvalue weighted by molar-refractivity contribution is 6.11. The second-order valence-corrected chi connectivity index (χ2v) is 3.54. The number of ketones is 1. The fourth-order valence-corrected chi connectivity index (χ4v) is 1.64. The number of rotatable bonds is 2. The Bertz CT molecular complexity index is 697. The van der Waals surface area contributed by atoms with Gasteiger partial charge in [-0.05, 0) is 0 Å². The SMILES string of the molecule is Cn1nncc1C(=O)c1cnn2ccncc12. The fraction of sp³-hybridized carbons (Fsp3) is 0.100. The van der Waals surface area contributed by atoms with E-state index in [2.05, 4.69) is 20.4 Å². The van der Waals surface area contributed by atoms with Crippen LogP contribution in [-0.4, -0.2) is 35.4 Å². The Morgan fingerprint density at radius 3 is 2.94 bits per heavy atom. The van der Waals surface area contributed by atoms with E-state index in [9.17, 15) is 4.79 Å². The van der Waals surface area contributed by atoms with Crippen LogP contribution < -0.4 is 0 Å². The topological polar surface area (TPSA) is 78.0 Å². The molecule has 84 valence electrons. The van der Waals surface area contributed by atoms with E-state index in [1.165, 1.54) is 17.1 Å². The number of carbonyl (C=O) groups is 1. The van der Waals surface area contributed by atoms with E-state index in [0.29, 0.717) is 16.8 Å². The number of carbonyl (C=O) groups excluding carboxylic acids is 1. The highest BCUT2D eigenvalue weighted by Gasteiger charge is 2.18. The van der Waals surface area contributed by atoms with Crippen LogP contribution in [0.2, 0.25) is 0 Å². The largest absolute Gasteiger partial charge is 0.287 e. The Balaban J connectivity index is 2.17. The summed E-state index contributed by atoms with van der Waals surface area (Å²) in [5, 5.41) is 11.5. The van der Waals surface area contributed by atoms with Gasteiger partial charge in [-0.15, -0.1) is 5.10 Å². The lowest BCUT2D eigenvalue weighted by Crippen LogP contribution is -2.08. The Kier molecular flexibility index (Phi) is 1.97. The minimum atomic E-state index is -0.166. The van der Waals surface area contributed by atoms with Crippen LogP contribution in [0.4, 0.5) is 0 Å². The minimum Gasteiger partial charge on any atom is -0.287 e. The van der Waals surface area contributed by atoms with Gasteiger partial charge in [-0.3, -0.25) is 9.78 Å². The maximum atomic E-state index is 12.2. The lowest BCUT2D eigenvalue weighted by atomic mass is 10.1. The van der Waals surface area contributed by atoms with Crippen LogP contribution in [-0.2, 0) is 7.05 Å². The third-order valence-corrected chi connectivity index (χ3v) is 2.52. The molecule has 3 aromatic heterocycles. The van der Waals surface area contributed by atoms with Gasteiger partial charge in [-0.25, -0.2) is 9.20 Å². The zero-order valence-corrected chi connectivity index (χ0v) is 8.98. The van der Waals surface area contributed by atoms with Crippen molar-refractivity contribution in [3.63, 3.8) is 0 Å². The first-order valence-electron chi connectivity index (χ1n) is 4.94. The molecule has 3 rings (SSSR count). The van der Waals surface area contributed by atoms with Crippen molar-refractivity contribution in [2.24, 2.45) is 7.05 Å². The van der Waals surface area contributed by atoms with E-state index in [-0.39, 0.29) is 5.78 Å². The van der Waals surface area contributed by atoms with Crippen molar-refractivity contribution in [3.05, 3.63) is 42.2 Å². The molecule has 0 aliphatic heterocycles. The quantitative estimate of drug-likeness (QED) is 0.581. The minimum absolute atomic E-state index is 0.166. The number of hydrogen-bond acceptors (Lipinski definition) is 5. The van der Waals surface area contributed by atoms with Crippen molar-refractivity contribution in [2.75, 3.05) is 0 Å². The van der Waals surface area contributed by atoms with Crippen LogP contribution in [0.3, 0.4) is 0 Å². The summed E-state index contributed by atoms with van der Waals surface area (Å²) in [4.78, 5) is 16.2. The van der Waals surface area contributed by atoms with E-state index < -0.39 is 0 Å². The van der Waals surface area contributed by atoms with Crippen LogP contribution in [0, 0.1) is 0 Å². The number of hydrogen-bond donors (Lipinski definition) is 0. The molecule has 0 unspecified atom stereocenters. The summed E-state index contributed by atoms with van der Waals surface area (Å²) < 4.78 is 3.03. The van der Waals surface area contributed by atoms with Gasteiger partial charge in [0.1, 0.15) is 5.69 Å². The Labute approximate surface area is 95.7 Å². The van der Waals surface area contributed by atoms with Gasteiger partial charge in [0, 0.05) is 19.4 Å². The first kappa shape index (κ1) is 9.64. The summed E-state index contributed by atoms with van der Waals surface area (Å²) >= 11 is 0. The van der Waals surface area contributed by atoms with E-state index in [1.54, 1.807) is 30.2 Å². The second kappa shape index (κ2) is 3.48. The first-order valence-corrected chi connectivity index (χ1v) is 4.94. The van der Waals surface area contributed by atoms with Gasteiger partial charge in [0.25, 0.3) is 0 Å². The van der Waals surface area contributed by atoms with Crippen molar-refractivity contribution in [3.8, 4) is 0 Å². The second-order valence-electron chi connectivity index (χ2n) is 3.54. The van der Waals surface area contributed by atoms with E-state index in [4.69, 9.17) is 0 Å².